The predicted molar refractivity (Wildman–Crippen MR) is 92.0 cm³/mol. The van der Waals surface area contributed by atoms with Crippen molar-refractivity contribution in [1.82, 2.24) is 15.1 Å². The topological polar surface area (TPSA) is 48.3 Å². The summed E-state index contributed by atoms with van der Waals surface area (Å²) in [7, 11) is 0. The molecule has 0 unspecified atom stereocenters. The van der Waals surface area contributed by atoms with Gasteiger partial charge in [0.05, 0.1) is 24.6 Å². The van der Waals surface area contributed by atoms with E-state index in [0.717, 1.165) is 56.8 Å². The lowest BCUT2D eigenvalue weighted by Gasteiger charge is -2.35. The van der Waals surface area contributed by atoms with E-state index in [-0.39, 0.29) is 5.79 Å². The fourth-order valence-corrected chi connectivity index (χ4v) is 3.73. The molecular formula is C19H25N3O2. The van der Waals surface area contributed by atoms with E-state index in [1.54, 1.807) is 0 Å². The van der Waals surface area contributed by atoms with Gasteiger partial charge in [0.2, 0.25) is 0 Å². The minimum Gasteiger partial charge on any atom is -0.348 e. The summed E-state index contributed by atoms with van der Waals surface area (Å²) in [5.74, 6) is -0.275. The molecule has 1 aliphatic carbocycles. The number of hydrogen-bond donors (Lipinski definition) is 1. The lowest BCUT2D eigenvalue weighted by Crippen LogP contribution is -2.41. The van der Waals surface area contributed by atoms with Crippen molar-refractivity contribution in [3.63, 3.8) is 0 Å². The first kappa shape index (κ1) is 15.8. The first-order valence-corrected chi connectivity index (χ1v) is 8.86. The number of aryl methyl sites for hydroxylation is 1. The third-order valence-corrected chi connectivity index (χ3v) is 5.10. The monoisotopic (exact) mass is 327 g/mol. The Balaban J connectivity index is 1.38. The molecule has 5 nitrogen and oxygen atoms in total. The van der Waals surface area contributed by atoms with Crippen molar-refractivity contribution in [3.05, 3.63) is 47.8 Å². The molecular weight excluding hydrogens is 302 g/mol. The maximum absolute atomic E-state index is 5.81. The summed E-state index contributed by atoms with van der Waals surface area (Å²) >= 11 is 0. The first-order valence-electron chi connectivity index (χ1n) is 8.86. The molecule has 0 amide bonds. The van der Waals surface area contributed by atoms with Crippen LogP contribution in [-0.2, 0) is 16.0 Å². The Kier molecular flexibility index (Phi) is 4.39. The lowest BCUT2D eigenvalue weighted by molar-refractivity contribution is -0.179. The van der Waals surface area contributed by atoms with Gasteiger partial charge in [0.1, 0.15) is 0 Å². The van der Waals surface area contributed by atoms with E-state index in [1.165, 1.54) is 5.56 Å². The molecule has 1 saturated heterocycles. The van der Waals surface area contributed by atoms with E-state index in [2.05, 4.69) is 34.7 Å². The van der Waals surface area contributed by atoms with Crippen LogP contribution in [0.2, 0.25) is 0 Å². The van der Waals surface area contributed by atoms with Crippen LogP contribution in [0.5, 0.6) is 0 Å². The zero-order valence-electron chi connectivity index (χ0n) is 14.2. The molecule has 4 rings (SSSR count). The van der Waals surface area contributed by atoms with E-state index in [9.17, 15) is 0 Å². The predicted octanol–water partition coefficient (Wildman–Crippen LogP) is 2.96. The van der Waals surface area contributed by atoms with E-state index >= 15 is 0 Å². The first-order chi connectivity index (χ1) is 11.7. The van der Waals surface area contributed by atoms with Crippen LogP contribution in [0, 0.1) is 6.92 Å². The molecule has 2 aliphatic rings. The van der Waals surface area contributed by atoms with Gasteiger partial charge in [-0.15, -0.1) is 0 Å². The second kappa shape index (κ2) is 6.67. The zero-order valence-corrected chi connectivity index (χ0v) is 14.2. The van der Waals surface area contributed by atoms with Crippen LogP contribution in [0.25, 0.3) is 5.69 Å². The van der Waals surface area contributed by atoms with Crippen molar-refractivity contribution in [2.45, 2.75) is 51.0 Å². The summed E-state index contributed by atoms with van der Waals surface area (Å²) in [6.45, 7) is 4.36. The molecule has 0 bridgehead atoms. The van der Waals surface area contributed by atoms with Gasteiger partial charge in [-0.2, -0.15) is 5.10 Å². The third kappa shape index (κ3) is 3.24. The normalized spacial score (nSPS) is 20.7. The summed E-state index contributed by atoms with van der Waals surface area (Å²) in [5, 5.41) is 8.25. The zero-order chi connectivity index (χ0) is 16.4. The molecule has 128 valence electrons. The van der Waals surface area contributed by atoms with E-state index < -0.39 is 0 Å². The van der Waals surface area contributed by atoms with Crippen LogP contribution < -0.4 is 5.32 Å². The molecule has 1 spiro atoms. The van der Waals surface area contributed by atoms with Gasteiger partial charge in [0.25, 0.3) is 0 Å². The van der Waals surface area contributed by atoms with Gasteiger partial charge in [0.15, 0.2) is 5.79 Å². The Bertz CT molecular complexity index is 681. The second-order valence-corrected chi connectivity index (χ2v) is 6.79. The van der Waals surface area contributed by atoms with Crippen LogP contribution >= 0.6 is 0 Å². The fourth-order valence-electron chi connectivity index (χ4n) is 3.73. The number of hydrogen-bond acceptors (Lipinski definition) is 4. The maximum Gasteiger partial charge on any atom is 0.168 e. The smallest absolute Gasteiger partial charge is 0.168 e. The standard InChI is InChI=1S/C19H25N3O2/c1-15-8-11-22(21-15)18-5-3-2-4-16(18)14-20-17-6-9-19(10-7-17)23-12-13-24-19/h2-5,8,11,17,20H,6-7,9-10,12-14H2,1H3. The van der Waals surface area contributed by atoms with Crippen molar-refractivity contribution < 1.29 is 9.47 Å². The fraction of sp³-hybridized carbons (Fsp3) is 0.526. The van der Waals surface area contributed by atoms with Crippen molar-refractivity contribution in [1.29, 1.82) is 0 Å². The Labute approximate surface area is 143 Å². The van der Waals surface area contributed by atoms with E-state index in [4.69, 9.17) is 9.47 Å². The quantitative estimate of drug-likeness (QED) is 0.938. The summed E-state index contributed by atoms with van der Waals surface area (Å²) in [5.41, 5.74) is 3.45. The molecule has 24 heavy (non-hydrogen) atoms. The van der Waals surface area contributed by atoms with Gasteiger partial charge in [-0.1, -0.05) is 18.2 Å². The Hall–Kier alpha value is -1.69. The molecule has 0 atom stereocenters. The van der Waals surface area contributed by atoms with Gasteiger partial charge < -0.3 is 14.8 Å². The average Bonchev–Trinajstić information content (AvgIpc) is 3.24. The van der Waals surface area contributed by atoms with Crippen LogP contribution in [0.4, 0.5) is 0 Å². The molecule has 1 aliphatic heterocycles. The minimum atomic E-state index is -0.275. The Morgan fingerprint density at radius 3 is 2.62 bits per heavy atom. The molecule has 2 heterocycles. The number of nitrogens with one attached hydrogen (secondary N) is 1. The largest absolute Gasteiger partial charge is 0.348 e. The van der Waals surface area contributed by atoms with E-state index in [1.807, 2.05) is 23.9 Å². The highest BCUT2D eigenvalue weighted by Gasteiger charge is 2.40. The number of benzene rings is 1. The summed E-state index contributed by atoms with van der Waals surface area (Å²) in [6, 6.07) is 11.0. The lowest BCUT2D eigenvalue weighted by atomic mass is 9.90. The number of para-hydroxylation sites is 1. The van der Waals surface area contributed by atoms with Crippen molar-refractivity contribution >= 4 is 0 Å². The van der Waals surface area contributed by atoms with Gasteiger partial charge in [0, 0.05) is 31.6 Å². The number of ether oxygens (including phenoxy) is 2. The summed E-state index contributed by atoms with van der Waals surface area (Å²) in [6.07, 6.45) is 6.20. The Morgan fingerprint density at radius 2 is 1.92 bits per heavy atom. The van der Waals surface area contributed by atoms with E-state index in [0.29, 0.717) is 6.04 Å². The van der Waals surface area contributed by atoms with Crippen molar-refractivity contribution in [2.75, 3.05) is 13.2 Å². The van der Waals surface area contributed by atoms with Crippen LogP contribution in [0.3, 0.4) is 0 Å². The SMILES string of the molecule is Cc1ccn(-c2ccccc2CNC2CCC3(CC2)OCCO3)n1. The van der Waals surface area contributed by atoms with Gasteiger partial charge in [-0.05, 0) is 37.5 Å². The number of rotatable bonds is 4. The molecule has 1 N–H and O–H groups in total. The molecule has 2 aromatic rings. The highest BCUT2D eigenvalue weighted by atomic mass is 16.7. The van der Waals surface area contributed by atoms with Gasteiger partial charge >= 0.3 is 0 Å². The average molecular weight is 327 g/mol. The molecule has 5 heteroatoms. The molecule has 2 fully saturated rings. The van der Waals surface area contributed by atoms with Crippen LogP contribution in [0.1, 0.15) is 36.9 Å². The van der Waals surface area contributed by atoms with Crippen LogP contribution in [0.15, 0.2) is 36.5 Å². The van der Waals surface area contributed by atoms with Gasteiger partial charge in [-0.3, -0.25) is 0 Å². The third-order valence-electron chi connectivity index (χ3n) is 5.10. The minimum absolute atomic E-state index is 0.275. The van der Waals surface area contributed by atoms with Crippen molar-refractivity contribution in [2.24, 2.45) is 0 Å². The highest BCUT2D eigenvalue weighted by molar-refractivity contribution is 5.40. The summed E-state index contributed by atoms with van der Waals surface area (Å²) in [4.78, 5) is 0. The summed E-state index contributed by atoms with van der Waals surface area (Å²) < 4.78 is 13.6. The second-order valence-electron chi connectivity index (χ2n) is 6.79. The maximum atomic E-state index is 5.81. The molecule has 1 aromatic heterocycles. The van der Waals surface area contributed by atoms with Gasteiger partial charge in [-0.25, -0.2) is 4.68 Å². The molecule has 1 saturated carbocycles. The molecule has 0 radical (unpaired) electrons. The number of aromatic nitrogens is 2. The Morgan fingerprint density at radius 1 is 1.17 bits per heavy atom. The van der Waals surface area contributed by atoms with Crippen molar-refractivity contribution in [3.8, 4) is 5.69 Å². The van der Waals surface area contributed by atoms with Crippen LogP contribution in [-0.4, -0.2) is 34.8 Å². The molecule has 1 aromatic carbocycles. The highest BCUT2D eigenvalue weighted by Crippen LogP contribution is 2.35. The number of nitrogens with zero attached hydrogens (tertiary/aromatic N) is 2.